The van der Waals surface area contributed by atoms with Crippen LogP contribution in [0.2, 0.25) is 0 Å². The van der Waals surface area contributed by atoms with Crippen LogP contribution in [0.1, 0.15) is 253 Å². The lowest BCUT2D eigenvalue weighted by Crippen LogP contribution is -2.52. The molecule has 0 radical (unpaired) electrons. The maximum atomic E-state index is 12.9. The molecule has 74 heavy (non-hydrogen) atoms. The molecule has 0 rings (SSSR count). The molecular formula is C55H104N5O13P. The molecule has 6 unspecified atom stereocenters. The first-order valence-electron chi connectivity index (χ1n) is 28.9. The van der Waals surface area contributed by atoms with Gasteiger partial charge in [-0.05, 0) is 39.5 Å². The second kappa shape index (κ2) is 46.7. The topological polar surface area (TPSA) is 268 Å². The van der Waals surface area contributed by atoms with Crippen molar-refractivity contribution in [3.05, 3.63) is 0 Å². The van der Waals surface area contributed by atoms with Crippen LogP contribution >= 0.6 is 7.82 Å². The van der Waals surface area contributed by atoms with Crippen LogP contribution in [0, 0.1) is 5.92 Å². The summed E-state index contributed by atoms with van der Waals surface area (Å²) < 4.78 is 34.0. The van der Waals surface area contributed by atoms with Gasteiger partial charge >= 0.3 is 19.8 Å². The number of amides is 5. The molecule has 0 aliphatic carbocycles. The van der Waals surface area contributed by atoms with Crippen LogP contribution in [0.15, 0.2) is 0 Å². The van der Waals surface area contributed by atoms with E-state index in [4.69, 9.17) is 24.3 Å². The van der Waals surface area contributed by atoms with Gasteiger partial charge in [0.1, 0.15) is 24.7 Å². The third-order valence-electron chi connectivity index (χ3n) is 13.2. The van der Waals surface area contributed by atoms with E-state index in [9.17, 15) is 43.0 Å². The van der Waals surface area contributed by atoms with Crippen molar-refractivity contribution in [2.75, 3.05) is 26.4 Å². The van der Waals surface area contributed by atoms with E-state index in [-0.39, 0.29) is 50.7 Å². The number of hydrogen-bond donors (Lipinski definition) is 6. The van der Waals surface area contributed by atoms with Gasteiger partial charge in [-0.3, -0.25) is 42.6 Å². The van der Waals surface area contributed by atoms with E-state index < -0.39 is 80.8 Å². The number of carbonyl (C=O) groups is 7. The molecule has 0 aliphatic rings. The number of nitrogens with two attached hydrogens (primary N) is 1. The summed E-state index contributed by atoms with van der Waals surface area (Å²) in [4.78, 5) is 98.0. The molecule has 0 saturated heterocycles. The summed E-state index contributed by atoms with van der Waals surface area (Å²) >= 11 is 0. The lowest BCUT2D eigenvalue weighted by molar-refractivity contribution is -0.161. The Hall–Kier alpha value is -3.60. The molecule has 432 valence electrons. The Morgan fingerprint density at radius 2 is 0.946 bits per heavy atom. The zero-order chi connectivity index (χ0) is 55.2. The van der Waals surface area contributed by atoms with Crippen LogP contribution in [-0.4, -0.2) is 97.0 Å². The second-order valence-electron chi connectivity index (χ2n) is 20.2. The number of esters is 2. The first-order chi connectivity index (χ1) is 35.5. The van der Waals surface area contributed by atoms with Gasteiger partial charge in [-0.15, -0.1) is 0 Å². The lowest BCUT2D eigenvalue weighted by atomic mass is 10.0. The maximum absolute atomic E-state index is 12.9. The summed E-state index contributed by atoms with van der Waals surface area (Å²) in [7, 11) is -4.74. The number of primary amides is 1. The van der Waals surface area contributed by atoms with Gasteiger partial charge in [0.2, 0.25) is 29.5 Å². The van der Waals surface area contributed by atoms with E-state index in [0.29, 0.717) is 19.3 Å². The summed E-state index contributed by atoms with van der Waals surface area (Å²) in [6, 6.07) is -3.23. The Balaban J connectivity index is 4.89. The van der Waals surface area contributed by atoms with E-state index in [2.05, 4.69) is 35.1 Å². The van der Waals surface area contributed by atoms with Crippen molar-refractivity contribution in [1.29, 1.82) is 0 Å². The monoisotopic (exact) mass is 1070 g/mol. The quantitative estimate of drug-likeness (QED) is 0.0188. The maximum Gasteiger partial charge on any atom is 0.472 e. The predicted octanol–water partition coefficient (Wildman–Crippen LogP) is 10.2. The number of nitrogens with one attached hydrogen (secondary N) is 4. The molecule has 0 aromatic rings. The number of hydrogen-bond acceptors (Lipinski definition) is 12. The van der Waals surface area contributed by atoms with Crippen LogP contribution in [0.5, 0.6) is 0 Å². The Kier molecular flexibility index (Phi) is 44.4. The van der Waals surface area contributed by atoms with Gasteiger partial charge in [-0.2, -0.15) is 0 Å². The van der Waals surface area contributed by atoms with Crippen molar-refractivity contribution in [2.24, 2.45) is 11.7 Å². The Bertz CT molecular complexity index is 1570. The number of phosphoric acid groups is 1. The Labute approximate surface area is 446 Å². The first kappa shape index (κ1) is 70.4. The van der Waals surface area contributed by atoms with Gasteiger partial charge in [-0.1, -0.05) is 195 Å². The molecular weight excluding hydrogens is 970 g/mol. The summed E-state index contributed by atoms with van der Waals surface area (Å²) in [5, 5.41) is 9.95. The third-order valence-corrected chi connectivity index (χ3v) is 14.2. The van der Waals surface area contributed by atoms with Gasteiger partial charge in [-0.25, -0.2) is 4.57 Å². The number of carbonyl (C=O) groups excluding carboxylic acids is 7. The molecule has 0 saturated carbocycles. The second-order valence-corrected chi connectivity index (χ2v) is 21.7. The van der Waals surface area contributed by atoms with Crippen molar-refractivity contribution in [3.63, 3.8) is 0 Å². The Morgan fingerprint density at radius 1 is 0.514 bits per heavy atom. The molecule has 19 heteroatoms. The summed E-state index contributed by atoms with van der Waals surface area (Å²) in [5.74, 6) is -4.44. The first-order valence-corrected chi connectivity index (χ1v) is 30.4. The molecule has 0 aromatic carbocycles. The number of rotatable bonds is 51. The highest BCUT2D eigenvalue weighted by atomic mass is 31.2. The number of unbranched alkanes of at least 4 members (excludes halogenated alkanes) is 26. The number of ether oxygens (including phenoxy) is 2. The minimum Gasteiger partial charge on any atom is -0.462 e. The van der Waals surface area contributed by atoms with Crippen LogP contribution in [-0.2, 0) is 56.6 Å². The normalized spacial score (nSPS) is 14.1. The fourth-order valence-electron chi connectivity index (χ4n) is 8.09. The summed E-state index contributed by atoms with van der Waals surface area (Å²) in [5.41, 5.74) is 5.44. The van der Waals surface area contributed by atoms with Crippen molar-refractivity contribution in [3.8, 4) is 0 Å². The fourth-order valence-corrected chi connectivity index (χ4v) is 8.84. The van der Waals surface area contributed by atoms with Crippen LogP contribution in [0.25, 0.3) is 0 Å². The van der Waals surface area contributed by atoms with Gasteiger partial charge in [0.25, 0.3) is 0 Å². The molecule has 0 fully saturated rings. The van der Waals surface area contributed by atoms with E-state index in [1.807, 2.05) is 6.92 Å². The molecule has 6 atom stereocenters. The fraction of sp³-hybridized carbons (Fsp3) is 0.873. The number of phosphoric ester groups is 1. The van der Waals surface area contributed by atoms with E-state index >= 15 is 0 Å². The minimum absolute atomic E-state index is 0.138. The minimum atomic E-state index is -4.74. The highest BCUT2D eigenvalue weighted by Crippen LogP contribution is 2.43. The molecule has 0 bridgehead atoms. The van der Waals surface area contributed by atoms with Gasteiger partial charge in [0.05, 0.1) is 13.2 Å². The van der Waals surface area contributed by atoms with Gasteiger partial charge in [0.15, 0.2) is 6.10 Å². The Morgan fingerprint density at radius 3 is 1.39 bits per heavy atom. The largest absolute Gasteiger partial charge is 0.472 e. The third kappa shape index (κ3) is 41.6. The molecule has 7 N–H and O–H groups in total. The average molecular weight is 1070 g/mol. The zero-order valence-electron chi connectivity index (χ0n) is 46.9. The van der Waals surface area contributed by atoms with Crippen molar-refractivity contribution >= 4 is 49.3 Å². The summed E-state index contributed by atoms with van der Waals surface area (Å²) in [6.07, 6.45) is 32.4. The van der Waals surface area contributed by atoms with Crippen molar-refractivity contribution in [2.45, 2.75) is 278 Å². The van der Waals surface area contributed by atoms with Crippen molar-refractivity contribution < 1.29 is 61.5 Å². The standard InChI is InChI=1S/C55H104N5O13P/c1-7-10-12-14-16-18-20-22-23-25-26-28-30-32-34-36-50(62)70-42-47(73-51(63)37-35-33-31-29-27-24-21-19-17-15-13-11-8-2)43-72-74(68,69)71-41-40-57-54(66)45(5)58-49(61)39-38-48(52(56)64)60-55(67)46(6)59-53(65)44(4)9-3/h44-48H,7-43H2,1-6H3,(H2,56,64)(H,57,66)(H,58,61)(H,59,65)(H,60,67)(H,68,69). The molecule has 0 heterocycles. The van der Waals surface area contributed by atoms with Gasteiger partial charge in [0, 0.05) is 31.7 Å². The molecule has 18 nitrogen and oxygen atoms in total. The highest BCUT2D eigenvalue weighted by molar-refractivity contribution is 7.47. The molecule has 0 aliphatic heterocycles. The van der Waals surface area contributed by atoms with E-state index in [1.165, 1.54) is 142 Å². The summed E-state index contributed by atoms with van der Waals surface area (Å²) in [6.45, 7) is 9.21. The molecule has 0 spiro atoms. The highest BCUT2D eigenvalue weighted by Gasteiger charge is 2.28. The SMILES string of the molecule is CCCCCCCCCCCCCCCCCC(=O)OCC(COP(=O)(O)OCCNC(=O)C(C)NC(=O)CCC(NC(=O)C(C)NC(=O)C(C)CC)C(N)=O)OC(=O)CCCCCCCCCCCCCCC. The molecule has 5 amide bonds. The van der Waals surface area contributed by atoms with Crippen LogP contribution in [0.3, 0.4) is 0 Å². The van der Waals surface area contributed by atoms with Crippen LogP contribution < -0.4 is 27.0 Å². The van der Waals surface area contributed by atoms with Gasteiger partial charge < -0.3 is 41.4 Å². The predicted molar refractivity (Wildman–Crippen MR) is 290 cm³/mol. The zero-order valence-corrected chi connectivity index (χ0v) is 47.8. The van der Waals surface area contributed by atoms with E-state index in [0.717, 1.165) is 38.5 Å². The van der Waals surface area contributed by atoms with Crippen LogP contribution in [0.4, 0.5) is 0 Å². The molecule has 0 aromatic heterocycles. The van der Waals surface area contributed by atoms with Crippen molar-refractivity contribution in [1.82, 2.24) is 21.3 Å². The lowest BCUT2D eigenvalue weighted by Gasteiger charge is -2.21. The van der Waals surface area contributed by atoms with E-state index in [1.54, 1.807) is 6.92 Å². The smallest absolute Gasteiger partial charge is 0.462 e. The average Bonchev–Trinajstić information content (AvgIpc) is 3.36.